The van der Waals surface area contributed by atoms with Gasteiger partial charge in [-0.05, 0) is 12.1 Å². The molecule has 0 aliphatic rings. The van der Waals surface area contributed by atoms with E-state index in [1.807, 2.05) is 30.1 Å². The molecule has 0 heterocycles. The first-order chi connectivity index (χ1) is 8.19. The lowest BCUT2D eigenvalue weighted by Gasteiger charge is -2.18. The smallest absolute Gasteiger partial charge is 0.330 e. The molecule has 0 saturated carbocycles. The number of hydrogen-bond acceptors (Lipinski definition) is 4. The number of aldehydes is 1. The van der Waals surface area contributed by atoms with E-state index >= 15 is 0 Å². The van der Waals surface area contributed by atoms with Gasteiger partial charge < -0.3 is 9.64 Å². The molecule has 4 nitrogen and oxygen atoms in total. The molecule has 0 spiro atoms. The highest BCUT2D eigenvalue weighted by Crippen LogP contribution is 2.16. The van der Waals surface area contributed by atoms with Gasteiger partial charge in [0.1, 0.15) is 0 Å². The molecule has 17 heavy (non-hydrogen) atoms. The fourth-order valence-corrected chi connectivity index (χ4v) is 1.41. The van der Waals surface area contributed by atoms with E-state index in [-0.39, 0.29) is 5.97 Å². The summed E-state index contributed by atoms with van der Waals surface area (Å²) in [5.41, 5.74) is 1.46. The Morgan fingerprint density at radius 1 is 1.41 bits per heavy atom. The van der Waals surface area contributed by atoms with Crippen molar-refractivity contribution in [2.24, 2.45) is 0 Å². The summed E-state index contributed by atoms with van der Waals surface area (Å²) in [6, 6.07) is 7.28. The van der Waals surface area contributed by atoms with Gasteiger partial charge in [-0.2, -0.15) is 0 Å². The van der Waals surface area contributed by atoms with Crippen LogP contribution in [0.4, 0.5) is 5.69 Å². The average Bonchev–Trinajstić information content (AvgIpc) is 2.38. The summed E-state index contributed by atoms with van der Waals surface area (Å²) in [4.78, 5) is 23.6. The van der Waals surface area contributed by atoms with Crippen molar-refractivity contribution in [2.45, 2.75) is 0 Å². The number of hydrogen-bond donors (Lipinski definition) is 0. The molecule has 1 aromatic rings. The minimum absolute atomic E-state index is 0.387. The summed E-state index contributed by atoms with van der Waals surface area (Å²) in [5.74, 6) is -0.387. The van der Waals surface area contributed by atoms with E-state index in [1.165, 1.54) is 13.2 Å². The van der Waals surface area contributed by atoms with Crippen LogP contribution in [0.2, 0.25) is 0 Å². The number of benzene rings is 1. The van der Waals surface area contributed by atoms with Crippen LogP contribution in [0, 0.1) is 0 Å². The summed E-state index contributed by atoms with van der Waals surface area (Å²) in [5, 5.41) is 0. The van der Waals surface area contributed by atoms with Crippen molar-refractivity contribution in [1.82, 2.24) is 0 Å². The molecule has 0 amide bonds. The number of esters is 1. The number of carbonyl (C=O) groups is 2. The third-order valence-electron chi connectivity index (χ3n) is 2.31. The molecule has 0 radical (unpaired) electrons. The molecule has 0 N–H and O–H groups in total. The Bertz CT molecular complexity index is 426. The number of methoxy groups -OCH3 is 1. The Morgan fingerprint density at radius 3 is 2.76 bits per heavy atom. The predicted molar refractivity (Wildman–Crippen MR) is 66.3 cm³/mol. The summed E-state index contributed by atoms with van der Waals surface area (Å²) in [6.07, 6.45) is 3.86. The second kappa shape index (κ2) is 6.48. The van der Waals surface area contributed by atoms with Crippen LogP contribution >= 0.6 is 0 Å². The van der Waals surface area contributed by atoms with Crippen LogP contribution < -0.4 is 4.90 Å². The molecule has 0 aliphatic heterocycles. The van der Waals surface area contributed by atoms with Gasteiger partial charge in [-0.15, -0.1) is 0 Å². The number of likely N-dealkylation sites (N-methyl/N-ethyl adjacent to an activating group) is 1. The van der Waals surface area contributed by atoms with Gasteiger partial charge in [0.25, 0.3) is 0 Å². The van der Waals surface area contributed by atoms with Crippen molar-refractivity contribution in [3.05, 3.63) is 42.0 Å². The fraction of sp³-hybridized carbons (Fsp3) is 0.231. The summed E-state index contributed by atoms with van der Waals surface area (Å²) >= 11 is 0. The Balaban J connectivity index is 2.69. The SMILES string of the molecule is COC(=O)/C=C/CN(C)c1ccccc1C=O. The van der Waals surface area contributed by atoms with Crippen molar-refractivity contribution in [2.75, 3.05) is 25.6 Å². The molecule has 0 fully saturated rings. The van der Waals surface area contributed by atoms with Gasteiger partial charge in [-0.1, -0.05) is 18.2 Å². The minimum atomic E-state index is -0.387. The molecular formula is C13H15NO3. The summed E-state index contributed by atoms with van der Waals surface area (Å²) in [6.45, 7) is 0.528. The molecule has 1 rings (SSSR count). The van der Waals surface area contributed by atoms with E-state index in [0.29, 0.717) is 12.1 Å². The largest absolute Gasteiger partial charge is 0.466 e. The molecule has 90 valence electrons. The molecule has 0 aromatic heterocycles. The molecule has 0 bridgehead atoms. The number of rotatable bonds is 5. The quantitative estimate of drug-likeness (QED) is 0.441. The number of carbonyl (C=O) groups excluding carboxylic acids is 2. The van der Waals surface area contributed by atoms with E-state index in [0.717, 1.165) is 12.0 Å². The zero-order chi connectivity index (χ0) is 12.7. The van der Waals surface area contributed by atoms with Crippen molar-refractivity contribution in [1.29, 1.82) is 0 Å². The molecule has 4 heteroatoms. The van der Waals surface area contributed by atoms with Gasteiger partial charge in [0.2, 0.25) is 0 Å². The van der Waals surface area contributed by atoms with Crippen LogP contribution in [-0.4, -0.2) is 33.0 Å². The van der Waals surface area contributed by atoms with Crippen LogP contribution in [0.3, 0.4) is 0 Å². The van der Waals surface area contributed by atoms with Crippen LogP contribution in [0.5, 0.6) is 0 Å². The lowest BCUT2D eigenvalue weighted by Crippen LogP contribution is -2.18. The molecule has 1 aromatic carbocycles. The zero-order valence-electron chi connectivity index (χ0n) is 9.92. The fourth-order valence-electron chi connectivity index (χ4n) is 1.41. The van der Waals surface area contributed by atoms with Crippen molar-refractivity contribution < 1.29 is 14.3 Å². The highest BCUT2D eigenvalue weighted by Gasteiger charge is 2.04. The van der Waals surface area contributed by atoms with E-state index in [4.69, 9.17) is 0 Å². The van der Waals surface area contributed by atoms with Gasteiger partial charge in [0.05, 0.1) is 7.11 Å². The average molecular weight is 233 g/mol. The molecule has 0 aliphatic carbocycles. The number of nitrogens with zero attached hydrogens (tertiary/aromatic N) is 1. The standard InChI is InChI=1S/C13H15NO3/c1-14(9-5-8-13(16)17-2)12-7-4-3-6-11(12)10-15/h3-8,10H,9H2,1-2H3/b8-5+. The zero-order valence-corrected chi connectivity index (χ0v) is 9.92. The number of anilines is 1. The van der Waals surface area contributed by atoms with E-state index in [9.17, 15) is 9.59 Å². The second-order valence-corrected chi connectivity index (χ2v) is 3.48. The van der Waals surface area contributed by atoms with Gasteiger partial charge in [-0.25, -0.2) is 4.79 Å². The molecule has 0 saturated heterocycles. The van der Waals surface area contributed by atoms with Crippen molar-refractivity contribution >= 4 is 17.9 Å². The number of ether oxygens (including phenoxy) is 1. The third kappa shape index (κ3) is 3.75. The van der Waals surface area contributed by atoms with Crippen LogP contribution in [0.25, 0.3) is 0 Å². The lowest BCUT2D eigenvalue weighted by atomic mass is 10.2. The van der Waals surface area contributed by atoms with Gasteiger partial charge in [0.15, 0.2) is 6.29 Å². The van der Waals surface area contributed by atoms with E-state index < -0.39 is 0 Å². The Labute approximate surface area is 100 Å². The predicted octanol–water partition coefficient (Wildman–Crippen LogP) is 1.66. The summed E-state index contributed by atoms with van der Waals surface area (Å²) in [7, 11) is 3.18. The maximum Gasteiger partial charge on any atom is 0.330 e. The monoisotopic (exact) mass is 233 g/mol. The van der Waals surface area contributed by atoms with Crippen LogP contribution in [0.1, 0.15) is 10.4 Å². The van der Waals surface area contributed by atoms with Gasteiger partial charge in [0, 0.05) is 30.9 Å². The normalized spacial score (nSPS) is 10.2. The number of para-hydroxylation sites is 1. The maximum absolute atomic E-state index is 10.9. The second-order valence-electron chi connectivity index (χ2n) is 3.48. The molecular weight excluding hydrogens is 218 g/mol. The van der Waals surface area contributed by atoms with Gasteiger partial charge >= 0.3 is 5.97 Å². The first-order valence-corrected chi connectivity index (χ1v) is 5.19. The maximum atomic E-state index is 10.9. The molecule has 0 atom stereocenters. The first-order valence-electron chi connectivity index (χ1n) is 5.19. The van der Waals surface area contributed by atoms with Crippen molar-refractivity contribution in [3.63, 3.8) is 0 Å². The Kier molecular flexibility index (Phi) is 4.94. The minimum Gasteiger partial charge on any atom is -0.466 e. The Hall–Kier alpha value is -2.10. The Morgan fingerprint density at radius 2 is 2.12 bits per heavy atom. The topological polar surface area (TPSA) is 46.6 Å². The van der Waals surface area contributed by atoms with E-state index in [1.54, 1.807) is 12.1 Å². The first kappa shape index (κ1) is 13.0. The van der Waals surface area contributed by atoms with E-state index in [2.05, 4.69) is 4.74 Å². The summed E-state index contributed by atoms with van der Waals surface area (Å²) < 4.78 is 4.48. The van der Waals surface area contributed by atoms with Crippen LogP contribution in [0.15, 0.2) is 36.4 Å². The highest BCUT2D eigenvalue weighted by atomic mass is 16.5. The highest BCUT2D eigenvalue weighted by molar-refractivity contribution is 5.84. The lowest BCUT2D eigenvalue weighted by molar-refractivity contribution is -0.134. The van der Waals surface area contributed by atoms with Crippen molar-refractivity contribution in [3.8, 4) is 0 Å². The third-order valence-corrected chi connectivity index (χ3v) is 2.31. The van der Waals surface area contributed by atoms with Gasteiger partial charge in [-0.3, -0.25) is 4.79 Å². The molecule has 0 unspecified atom stereocenters. The van der Waals surface area contributed by atoms with Crippen LogP contribution in [-0.2, 0) is 9.53 Å².